The molecular weight excluding hydrogens is 272 g/mol. The molecule has 0 fully saturated rings. The number of carbonyl (C=O) groups is 1. The van der Waals surface area contributed by atoms with Crippen LogP contribution in [0.15, 0.2) is 17.5 Å². The maximum Gasteiger partial charge on any atom is 0.410 e. The van der Waals surface area contributed by atoms with E-state index in [1.165, 1.54) is 4.88 Å². The van der Waals surface area contributed by atoms with Crippen molar-refractivity contribution in [2.45, 2.75) is 46.3 Å². The highest BCUT2D eigenvalue weighted by atomic mass is 32.1. The Bertz CT molecular complexity index is 399. The van der Waals surface area contributed by atoms with Crippen LogP contribution in [0.3, 0.4) is 0 Å². The highest BCUT2D eigenvalue weighted by Crippen LogP contribution is 2.17. The Hall–Kier alpha value is -1.07. The summed E-state index contributed by atoms with van der Waals surface area (Å²) in [5.74, 6) is 0. The molecule has 0 aliphatic carbocycles. The van der Waals surface area contributed by atoms with Crippen LogP contribution in [-0.2, 0) is 4.74 Å². The maximum absolute atomic E-state index is 12.0. The lowest BCUT2D eigenvalue weighted by Crippen LogP contribution is -2.40. The average Bonchev–Trinajstić information content (AvgIpc) is 2.85. The molecule has 0 saturated carbocycles. The number of carbonyl (C=O) groups excluding carboxylic acids is 1. The zero-order valence-electron chi connectivity index (χ0n) is 13.1. The van der Waals surface area contributed by atoms with Gasteiger partial charge in [0, 0.05) is 30.6 Å². The van der Waals surface area contributed by atoms with Gasteiger partial charge in [-0.3, -0.25) is 0 Å². The Labute approximate surface area is 126 Å². The summed E-state index contributed by atoms with van der Waals surface area (Å²) in [5.41, 5.74) is -0.442. The summed E-state index contributed by atoms with van der Waals surface area (Å²) < 4.78 is 5.38. The van der Waals surface area contributed by atoms with Crippen LogP contribution >= 0.6 is 11.3 Å². The van der Waals surface area contributed by atoms with Gasteiger partial charge in [0.2, 0.25) is 0 Å². The van der Waals surface area contributed by atoms with Crippen LogP contribution in [0.5, 0.6) is 0 Å². The highest BCUT2D eigenvalue weighted by molar-refractivity contribution is 7.10. The van der Waals surface area contributed by atoms with Gasteiger partial charge < -0.3 is 15.0 Å². The summed E-state index contributed by atoms with van der Waals surface area (Å²) in [4.78, 5) is 15.0. The third kappa shape index (κ3) is 5.92. The van der Waals surface area contributed by atoms with E-state index in [1.807, 2.05) is 27.7 Å². The van der Waals surface area contributed by atoms with Gasteiger partial charge in [0.25, 0.3) is 0 Å². The number of rotatable bonds is 6. The minimum absolute atomic E-state index is 0.245. The standard InChI is InChI=1S/C15H26N2O2S/c1-6-17(14(18)19-15(3,4)5)10-9-16-12(2)13-8-7-11-20-13/h7-8,11-12,16H,6,9-10H2,1-5H3. The summed E-state index contributed by atoms with van der Waals surface area (Å²) in [5, 5.41) is 5.50. The van der Waals surface area contributed by atoms with Crippen LogP contribution < -0.4 is 5.32 Å². The van der Waals surface area contributed by atoms with E-state index in [2.05, 4.69) is 29.8 Å². The van der Waals surface area contributed by atoms with Gasteiger partial charge in [0.15, 0.2) is 0 Å². The van der Waals surface area contributed by atoms with Gasteiger partial charge in [-0.15, -0.1) is 11.3 Å². The monoisotopic (exact) mass is 298 g/mol. The second kappa shape index (κ2) is 7.64. The van der Waals surface area contributed by atoms with Gasteiger partial charge in [-0.25, -0.2) is 4.79 Å². The largest absolute Gasteiger partial charge is 0.444 e. The molecule has 0 spiro atoms. The average molecular weight is 298 g/mol. The number of amides is 1. The number of likely N-dealkylation sites (N-methyl/N-ethyl adjacent to an activating group) is 1. The third-order valence-corrected chi connectivity index (χ3v) is 3.89. The van der Waals surface area contributed by atoms with Crippen molar-refractivity contribution in [1.29, 1.82) is 0 Å². The van der Waals surface area contributed by atoms with Crippen molar-refractivity contribution in [1.82, 2.24) is 10.2 Å². The molecular formula is C15H26N2O2S. The van der Waals surface area contributed by atoms with Crippen LogP contribution in [0.1, 0.15) is 45.5 Å². The molecule has 114 valence electrons. The van der Waals surface area contributed by atoms with E-state index in [9.17, 15) is 4.79 Å². The minimum Gasteiger partial charge on any atom is -0.444 e. The SMILES string of the molecule is CCN(CCNC(C)c1cccs1)C(=O)OC(C)(C)C. The number of nitrogens with one attached hydrogen (secondary N) is 1. The molecule has 1 aromatic rings. The van der Waals surface area contributed by atoms with Crippen LogP contribution in [0.4, 0.5) is 4.79 Å². The predicted molar refractivity (Wildman–Crippen MR) is 84.2 cm³/mol. The van der Waals surface area contributed by atoms with Crippen molar-refractivity contribution in [2.75, 3.05) is 19.6 Å². The molecule has 1 rings (SSSR count). The summed E-state index contributed by atoms with van der Waals surface area (Å²) in [6.45, 7) is 11.8. The van der Waals surface area contributed by atoms with Gasteiger partial charge in [0.1, 0.15) is 5.60 Å². The minimum atomic E-state index is -0.442. The fourth-order valence-electron chi connectivity index (χ4n) is 1.76. The predicted octanol–water partition coefficient (Wildman–Crippen LogP) is 3.66. The summed E-state index contributed by atoms with van der Waals surface area (Å²) >= 11 is 1.74. The van der Waals surface area contributed by atoms with Crippen LogP contribution in [-0.4, -0.2) is 36.2 Å². The van der Waals surface area contributed by atoms with Crippen LogP contribution in [0, 0.1) is 0 Å². The topological polar surface area (TPSA) is 41.6 Å². The summed E-state index contributed by atoms with van der Waals surface area (Å²) in [6.07, 6.45) is -0.245. The first-order chi connectivity index (χ1) is 9.33. The quantitative estimate of drug-likeness (QED) is 0.871. The molecule has 1 N–H and O–H groups in total. The zero-order chi connectivity index (χ0) is 15.2. The Balaban J connectivity index is 2.36. The lowest BCUT2D eigenvalue weighted by Gasteiger charge is -2.27. The van der Waals surface area contributed by atoms with E-state index in [1.54, 1.807) is 16.2 Å². The van der Waals surface area contributed by atoms with Gasteiger partial charge in [0.05, 0.1) is 0 Å². The molecule has 0 saturated heterocycles. The van der Waals surface area contributed by atoms with Crippen molar-refractivity contribution in [3.63, 3.8) is 0 Å². The number of hydrogen-bond donors (Lipinski definition) is 1. The van der Waals surface area contributed by atoms with E-state index >= 15 is 0 Å². The van der Waals surface area contributed by atoms with E-state index in [0.717, 1.165) is 6.54 Å². The smallest absolute Gasteiger partial charge is 0.410 e. The van der Waals surface area contributed by atoms with Gasteiger partial charge in [-0.05, 0) is 46.1 Å². The molecule has 1 heterocycles. The Morgan fingerprint density at radius 2 is 2.20 bits per heavy atom. The first-order valence-electron chi connectivity index (χ1n) is 7.08. The molecule has 0 aliphatic heterocycles. The van der Waals surface area contributed by atoms with Crippen molar-refractivity contribution in [3.8, 4) is 0 Å². The second-order valence-electron chi connectivity index (χ2n) is 5.75. The number of hydrogen-bond acceptors (Lipinski definition) is 4. The van der Waals surface area contributed by atoms with E-state index in [4.69, 9.17) is 4.74 Å². The molecule has 0 bridgehead atoms. The number of thiophene rings is 1. The normalized spacial score (nSPS) is 13.1. The van der Waals surface area contributed by atoms with E-state index in [-0.39, 0.29) is 6.09 Å². The molecule has 5 heteroatoms. The molecule has 4 nitrogen and oxygen atoms in total. The maximum atomic E-state index is 12.0. The Morgan fingerprint density at radius 1 is 1.50 bits per heavy atom. The summed E-state index contributed by atoms with van der Waals surface area (Å²) in [7, 11) is 0. The van der Waals surface area contributed by atoms with Gasteiger partial charge in [-0.2, -0.15) is 0 Å². The lowest BCUT2D eigenvalue weighted by molar-refractivity contribution is 0.0261. The molecule has 1 aromatic heterocycles. The van der Waals surface area contributed by atoms with E-state index < -0.39 is 5.60 Å². The number of ether oxygens (including phenoxy) is 1. The fourth-order valence-corrected chi connectivity index (χ4v) is 2.52. The van der Waals surface area contributed by atoms with Crippen molar-refractivity contribution in [3.05, 3.63) is 22.4 Å². The van der Waals surface area contributed by atoms with Gasteiger partial charge >= 0.3 is 6.09 Å². The zero-order valence-corrected chi connectivity index (χ0v) is 13.9. The number of nitrogens with zero attached hydrogens (tertiary/aromatic N) is 1. The molecule has 0 aromatic carbocycles. The Kier molecular flexibility index (Phi) is 6.49. The molecule has 1 unspecified atom stereocenters. The molecule has 1 amide bonds. The van der Waals surface area contributed by atoms with Gasteiger partial charge in [-0.1, -0.05) is 6.07 Å². The van der Waals surface area contributed by atoms with Crippen LogP contribution in [0.2, 0.25) is 0 Å². The van der Waals surface area contributed by atoms with Crippen molar-refractivity contribution >= 4 is 17.4 Å². The molecule has 0 aliphatic rings. The van der Waals surface area contributed by atoms with Crippen molar-refractivity contribution in [2.24, 2.45) is 0 Å². The highest BCUT2D eigenvalue weighted by Gasteiger charge is 2.20. The molecule has 1 atom stereocenters. The molecule has 0 radical (unpaired) electrons. The third-order valence-electron chi connectivity index (χ3n) is 2.84. The summed E-state index contributed by atoms with van der Waals surface area (Å²) in [6, 6.07) is 4.48. The van der Waals surface area contributed by atoms with Crippen molar-refractivity contribution < 1.29 is 9.53 Å². The lowest BCUT2D eigenvalue weighted by atomic mass is 10.2. The van der Waals surface area contributed by atoms with Crippen LogP contribution in [0.25, 0.3) is 0 Å². The second-order valence-corrected chi connectivity index (χ2v) is 6.73. The Morgan fingerprint density at radius 3 is 2.70 bits per heavy atom. The van der Waals surface area contributed by atoms with E-state index in [0.29, 0.717) is 19.1 Å². The fraction of sp³-hybridized carbons (Fsp3) is 0.667. The molecule has 20 heavy (non-hydrogen) atoms. The first kappa shape index (κ1) is 17.0. The first-order valence-corrected chi connectivity index (χ1v) is 7.96.